The normalized spacial score (nSPS) is 12.6. The largest absolute Gasteiger partial charge is 0.435 e. The number of hydrogen-bond donors (Lipinski definition) is 1. The Labute approximate surface area is 179 Å². The van der Waals surface area contributed by atoms with Crippen molar-refractivity contribution in [2.75, 3.05) is 6.54 Å². The van der Waals surface area contributed by atoms with Crippen molar-refractivity contribution in [2.45, 2.75) is 66.2 Å². The van der Waals surface area contributed by atoms with Crippen molar-refractivity contribution >= 4 is 27.5 Å². The van der Waals surface area contributed by atoms with E-state index >= 15 is 0 Å². The van der Waals surface area contributed by atoms with Crippen LogP contribution in [0.4, 0.5) is 0 Å². The fourth-order valence-corrected chi connectivity index (χ4v) is 3.65. The average molecular weight is 415 g/mol. The van der Waals surface area contributed by atoms with Crippen LogP contribution in [-0.4, -0.2) is 17.4 Å². The van der Waals surface area contributed by atoms with E-state index in [1.165, 1.54) is 0 Å². The van der Waals surface area contributed by atoms with Gasteiger partial charge in [0.1, 0.15) is 5.76 Å². The molecule has 0 unspecified atom stereocenters. The number of fused-ring (bicyclic) bond motifs is 1. The van der Waals surface area contributed by atoms with Crippen molar-refractivity contribution in [1.29, 1.82) is 0 Å². The lowest BCUT2D eigenvalue weighted by molar-refractivity contribution is -0.121. The molecule has 0 aliphatic carbocycles. The maximum absolute atomic E-state index is 11.7. The monoisotopic (exact) mass is 414 g/mol. The molecule has 0 aliphatic heterocycles. The summed E-state index contributed by atoms with van der Waals surface area (Å²) < 4.78 is 7.07. The van der Waals surface area contributed by atoms with Crippen LogP contribution in [0.25, 0.3) is 10.2 Å². The van der Waals surface area contributed by atoms with Crippen LogP contribution in [0.3, 0.4) is 0 Å². The summed E-state index contributed by atoms with van der Waals surface area (Å²) in [4.78, 5) is 16.2. The summed E-state index contributed by atoms with van der Waals surface area (Å²) in [5.41, 5.74) is 2.09. The first kappa shape index (κ1) is 23.1. The number of para-hydroxylation sites is 1. The lowest BCUT2D eigenvalue weighted by Gasteiger charge is -2.07. The van der Waals surface area contributed by atoms with Gasteiger partial charge in [0.2, 0.25) is 5.91 Å². The van der Waals surface area contributed by atoms with Crippen LogP contribution in [0.2, 0.25) is 0 Å². The molecule has 29 heavy (non-hydrogen) atoms. The zero-order valence-electron chi connectivity index (χ0n) is 18.2. The Balaban J connectivity index is 1.63. The van der Waals surface area contributed by atoms with Gasteiger partial charge >= 0.3 is 0 Å². The molecule has 5 heteroatoms. The first-order chi connectivity index (χ1) is 14.0. The summed E-state index contributed by atoms with van der Waals surface area (Å²) in [5, 5.41) is 3.66. The van der Waals surface area contributed by atoms with Gasteiger partial charge in [0.05, 0.1) is 10.2 Å². The highest BCUT2D eigenvalue weighted by molar-refractivity contribution is 7.20. The van der Waals surface area contributed by atoms with Crippen LogP contribution < -0.4 is 10.1 Å². The summed E-state index contributed by atoms with van der Waals surface area (Å²) in [6.45, 7) is 9.04. The minimum absolute atomic E-state index is 0.183. The van der Waals surface area contributed by atoms with Crippen LogP contribution in [0, 0.1) is 5.92 Å². The first-order valence-electron chi connectivity index (χ1n) is 10.6. The Morgan fingerprint density at radius 2 is 1.93 bits per heavy atom. The molecule has 1 aromatic carbocycles. The fourth-order valence-electron chi connectivity index (χ4n) is 2.79. The molecule has 0 aliphatic rings. The summed E-state index contributed by atoms with van der Waals surface area (Å²) in [7, 11) is 0. The lowest BCUT2D eigenvalue weighted by atomic mass is 10.1. The molecule has 2 rings (SSSR count). The number of rotatable bonds is 12. The van der Waals surface area contributed by atoms with Crippen molar-refractivity contribution in [3.8, 4) is 5.19 Å². The van der Waals surface area contributed by atoms with Crippen molar-refractivity contribution in [2.24, 2.45) is 5.92 Å². The quantitative estimate of drug-likeness (QED) is 0.241. The number of ether oxygens (including phenoxy) is 1. The third-order valence-electron chi connectivity index (χ3n) is 4.67. The van der Waals surface area contributed by atoms with E-state index in [4.69, 9.17) is 4.74 Å². The smallest absolute Gasteiger partial charge is 0.279 e. The summed E-state index contributed by atoms with van der Waals surface area (Å²) in [6.07, 6.45) is 10.4. The van der Waals surface area contributed by atoms with Gasteiger partial charge < -0.3 is 10.1 Å². The topological polar surface area (TPSA) is 51.2 Å². The molecule has 0 saturated carbocycles. The molecule has 0 saturated heterocycles. The molecule has 0 radical (unpaired) electrons. The summed E-state index contributed by atoms with van der Waals surface area (Å²) in [6, 6.07) is 8.07. The van der Waals surface area contributed by atoms with Crippen LogP contribution in [0.15, 0.2) is 47.7 Å². The Hall–Kier alpha value is -2.14. The third kappa shape index (κ3) is 8.82. The molecule has 1 N–H and O–H groups in total. The van der Waals surface area contributed by atoms with Crippen LogP contribution >= 0.6 is 11.3 Å². The molecule has 0 spiro atoms. The number of nitrogens with zero attached hydrogens (tertiary/aromatic N) is 1. The van der Waals surface area contributed by atoms with Gasteiger partial charge in [0.15, 0.2) is 0 Å². The molecule has 1 amide bonds. The van der Waals surface area contributed by atoms with Crippen LogP contribution in [-0.2, 0) is 4.79 Å². The second-order valence-corrected chi connectivity index (χ2v) is 8.84. The van der Waals surface area contributed by atoms with Crippen molar-refractivity contribution in [3.05, 3.63) is 47.7 Å². The van der Waals surface area contributed by atoms with Gasteiger partial charge in [-0.2, -0.15) is 0 Å². The van der Waals surface area contributed by atoms with E-state index in [0.29, 0.717) is 17.5 Å². The van der Waals surface area contributed by atoms with Crippen LogP contribution in [0.1, 0.15) is 66.2 Å². The second-order valence-electron chi connectivity index (χ2n) is 7.84. The van der Waals surface area contributed by atoms with Gasteiger partial charge in [-0.05, 0) is 56.7 Å². The molecule has 0 atom stereocenters. The van der Waals surface area contributed by atoms with Gasteiger partial charge in [-0.25, -0.2) is 4.98 Å². The summed E-state index contributed by atoms with van der Waals surface area (Å²) in [5.74, 6) is 1.58. The average Bonchev–Trinajstić information content (AvgIpc) is 3.10. The highest BCUT2D eigenvalue weighted by Gasteiger charge is 2.06. The molecule has 1 aromatic heterocycles. The first-order valence-corrected chi connectivity index (χ1v) is 11.4. The Kier molecular flexibility index (Phi) is 9.92. The number of carbonyl (C=O) groups is 1. The molecule has 1 heterocycles. The van der Waals surface area contributed by atoms with Gasteiger partial charge in [0, 0.05) is 13.0 Å². The number of hydrogen-bond acceptors (Lipinski definition) is 4. The third-order valence-corrected chi connectivity index (χ3v) is 5.58. The molecule has 4 nitrogen and oxygen atoms in total. The van der Waals surface area contributed by atoms with E-state index in [2.05, 4.69) is 49.3 Å². The number of carbonyl (C=O) groups excluding carboxylic acids is 1. The highest BCUT2D eigenvalue weighted by atomic mass is 32.1. The Morgan fingerprint density at radius 1 is 1.17 bits per heavy atom. The van der Waals surface area contributed by atoms with Gasteiger partial charge in [0.25, 0.3) is 5.19 Å². The molecule has 2 aromatic rings. The number of aromatic nitrogens is 1. The van der Waals surface area contributed by atoms with E-state index in [9.17, 15) is 4.79 Å². The number of benzene rings is 1. The number of nitrogens with one attached hydrogen (secondary N) is 1. The van der Waals surface area contributed by atoms with E-state index in [-0.39, 0.29) is 5.91 Å². The van der Waals surface area contributed by atoms with Crippen molar-refractivity contribution < 1.29 is 9.53 Å². The van der Waals surface area contributed by atoms with E-state index in [1.807, 2.05) is 25.1 Å². The highest BCUT2D eigenvalue weighted by Crippen LogP contribution is 2.29. The van der Waals surface area contributed by atoms with Gasteiger partial charge in [-0.1, -0.05) is 62.3 Å². The van der Waals surface area contributed by atoms with Gasteiger partial charge in [-0.15, -0.1) is 0 Å². The summed E-state index contributed by atoms with van der Waals surface area (Å²) >= 11 is 1.57. The maximum atomic E-state index is 11.7. The van der Waals surface area contributed by atoms with Crippen LogP contribution in [0.5, 0.6) is 5.19 Å². The van der Waals surface area contributed by atoms with E-state index in [0.717, 1.165) is 60.2 Å². The van der Waals surface area contributed by atoms with Crippen molar-refractivity contribution in [3.63, 3.8) is 0 Å². The number of unbranched alkanes of at least 4 members (excludes halogenated alkanes) is 4. The lowest BCUT2D eigenvalue weighted by Crippen LogP contribution is -2.26. The molecular weight excluding hydrogens is 380 g/mol. The molecular formula is C24H34N2O2S. The fraction of sp³-hybridized carbons (Fsp3) is 0.500. The minimum atomic E-state index is 0.183. The molecule has 158 valence electrons. The molecule has 0 fully saturated rings. The van der Waals surface area contributed by atoms with Gasteiger partial charge in [-0.3, -0.25) is 4.79 Å². The maximum Gasteiger partial charge on any atom is 0.279 e. The predicted octanol–water partition coefficient (Wildman–Crippen LogP) is 6.64. The Bertz CT molecular complexity index is 803. The zero-order chi connectivity index (χ0) is 21.1. The second kappa shape index (κ2) is 12.4. The van der Waals surface area contributed by atoms with E-state index in [1.54, 1.807) is 11.3 Å². The number of amides is 1. The van der Waals surface area contributed by atoms with Crippen molar-refractivity contribution in [1.82, 2.24) is 10.3 Å². The predicted molar refractivity (Wildman–Crippen MR) is 123 cm³/mol. The zero-order valence-corrected chi connectivity index (χ0v) is 19.0. The van der Waals surface area contributed by atoms with E-state index < -0.39 is 0 Å². The number of thiazole rings is 1. The number of allylic oxidation sites excluding steroid dienone is 4. The minimum Gasteiger partial charge on any atom is -0.435 e. The molecule has 0 bridgehead atoms. The SMILES string of the molecule is CC(C=CCCCCCCC(=O)NCC(C)C)=C(C)Oc1nc2ccccc2s1. The standard InChI is InChI=1S/C24H34N2O2S/c1-18(2)17-25-23(27)16-10-8-6-5-7-9-13-19(3)20(4)28-24-26-21-14-11-12-15-22(21)29-24/h9,11-15,18H,5-8,10,16-17H2,1-4H3,(H,25,27). The Morgan fingerprint density at radius 3 is 2.69 bits per heavy atom.